The Balaban J connectivity index is 1.93. The molecule has 0 aromatic carbocycles. The van der Waals surface area contributed by atoms with Gasteiger partial charge in [-0.05, 0) is 39.8 Å². The van der Waals surface area contributed by atoms with Gasteiger partial charge in [-0.2, -0.15) is 9.40 Å². The van der Waals surface area contributed by atoms with Gasteiger partial charge in [-0.15, -0.1) is 11.3 Å². The Morgan fingerprint density at radius 1 is 1.24 bits per heavy atom. The lowest BCUT2D eigenvalue weighted by molar-refractivity contribution is 0.390. The molecule has 0 aliphatic carbocycles. The molecule has 3 rings (SSSR count). The molecule has 1 N–H and O–H groups in total. The van der Waals surface area contributed by atoms with E-state index >= 15 is 0 Å². The first kappa shape index (κ1) is 17.8. The molecule has 134 valence electrons. The van der Waals surface area contributed by atoms with Gasteiger partial charge in [0.1, 0.15) is 11.5 Å². The van der Waals surface area contributed by atoms with Crippen LogP contribution in [0.1, 0.15) is 27.6 Å². The summed E-state index contributed by atoms with van der Waals surface area (Å²) in [4.78, 5) is 1.87. The van der Waals surface area contributed by atoms with Crippen LogP contribution in [0.4, 0.5) is 0 Å². The molecule has 0 aliphatic rings. The van der Waals surface area contributed by atoms with Gasteiger partial charge in [-0.25, -0.2) is 8.42 Å². The zero-order valence-corrected chi connectivity index (χ0v) is 16.4. The summed E-state index contributed by atoms with van der Waals surface area (Å²) in [5.74, 6) is 0.634. The lowest BCUT2D eigenvalue weighted by Gasteiger charge is -2.16. The number of sulfonamides is 1. The van der Waals surface area contributed by atoms with Gasteiger partial charge in [-0.3, -0.25) is 5.10 Å². The minimum absolute atomic E-state index is 0.218. The third-order valence-corrected chi connectivity index (χ3v) is 7.21. The van der Waals surface area contributed by atoms with Crippen molar-refractivity contribution < 1.29 is 12.9 Å². The average molecular weight is 380 g/mol. The molecule has 25 heavy (non-hydrogen) atoms. The van der Waals surface area contributed by atoms with E-state index in [1.54, 1.807) is 27.0 Å². The van der Waals surface area contributed by atoms with E-state index in [-0.39, 0.29) is 6.54 Å². The molecule has 9 heteroatoms. The lowest BCUT2D eigenvalue weighted by Crippen LogP contribution is -2.27. The van der Waals surface area contributed by atoms with Gasteiger partial charge in [0, 0.05) is 29.7 Å². The monoisotopic (exact) mass is 380 g/mol. The first-order valence-corrected chi connectivity index (χ1v) is 9.96. The van der Waals surface area contributed by atoms with Crippen LogP contribution >= 0.6 is 11.3 Å². The maximum absolute atomic E-state index is 13.0. The van der Waals surface area contributed by atoms with Crippen LogP contribution < -0.4 is 0 Å². The van der Waals surface area contributed by atoms with Crippen molar-refractivity contribution in [3.8, 4) is 10.6 Å². The summed E-state index contributed by atoms with van der Waals surface area (Å²) in [6, 6.07) is 3.59. The van der Waals surface area contributed by atoms with E-state index in [1.807, 2.05) is 19.9 Å². The second-order valence-electron chi connectivity index (χ2n) is 6.03. The van der Waals surface area contributed by atoms with Crippen molar-refractivity contribution in [2.24, 2.45) is 0 Å². The second-order valence-corrected chi connectivity index (χ2v) is 9.30. The van der Waals surface area contributed by atoms with Crippen LogP contribution in [0.5, 0.6) is 0 Å². The summed E-state index contributed by atoms with van der Waals surface area (Å²) in [6.45, 7) is 7.52. The molecule has 0 bridgehead atoms. The first-order valence-electron chi connectivity index (χ1n) is 7.71. The third kappa shape index (κ3) is 3.26. The van der Waals surface area contributed by atoms with Crippen LogP contribution in [-0.2, 0) is 16.6 Å². The highest BCUT2D eigenvalue weighted by atomic mass is 32.2. The highest BCUT2D eigenvalue weighted by molar-refractivity contribution is 7.89. The molecular weight excluding hydrogens is 360 g/mol. The van der Waals surface area contributed by atoms with Crippen LogP contribution in [0.15, 0.2) is 21.6 Å². The number of thiophene rings is 1. The topological polar surface area (TPSA) is 92.1 Å². The Kier molecular flexibility index (Phi) is 4.56. The standard InChI is InChI=1S/C16H20N4O3S2/c1-9-6-14(18-17-9)15-7-16(12(4)24-15)25(21,22)20(5)8-13-10(2)19-23-11(13)3/h6-7H,8H2,1-5H3,(H,17,18). The Bertz CT molecular complexity index is 995. The minimum atomic E-state index is -3.62. The van der Waals surface area contributed by atoms with Crippen LogP contribution in [0.2, 0.25) is 0 Å². The molecule has 0 atom stereocenters. The van der Waals surface area contributed by atoms with E-state index in [0.29, 0.717) is 16.3 Å². The fourth-order valence-corrected chi connectivity index (χ4v) is 5.25. The zero-order chi connectivity index (χ0) is 18.4. The number of H-pyrrole nitrogens is 1. The van der Waals surface area contributed by atoms with E-state index in [4.69, 9.17) is 4.52 Å². The lowest BCUT2D eigenvalue weighted by atomic mass is 10.2. The number of rotatable bonds is 5. The number of aryl methyl sites for hydroxylation is 4. The summed E-state index contributed by atoms with van der Waals surface area (Å²) in [5.41, 5.74) is 3.18. The highest BCUT2D eigenvalue weighted by Crippen LogP contribution is 2.34. The molecule has 7 nitrogen and oxygen atoms in total. The normalized spacial score (nSPS) is 12.2. The molecule has 0 aliphatic heterocycles. The predicted octanol–water partition coefficient (Wildman–Crippen LogP) is 3.18. The molecule has 0 spiro atoms. The van der Waals surface area contributed by atoms with Crippen molar-refractivity contribution in [2.75, 3.05) is 7.05 Å². The van der Waals surface area contributed by atoms with Crippen molar-refractivity contribution in [2.45, 2.75) is 39.1 Å². The largest absolute Gasteiger partial charge is 0.361 e. The number of hydrogen-bond donors (Lipinski definition) is 1. The smallest absolute Gasteiger partial charge is 0.244 e. The van der Waals surface area contributed by atoms with Gasteiger partial charge in [0.2, 0.25) is 10.0 Å². The molecule has 3 heterocycles. The molecule has 0 saturated carbocycles. The number of aromatic nitrogens is 3. The molecular formula is C16H20N4O3S2. The highest BCUT2D eigenvalue weighted by Gasteiger charge is 2.27. The fraction of sp³-hybridized carbons (Fsp3) is 0.375. The third-order valence-electron chi connectivity index (χ3n) is 4.08. The quantitative estimate of drug-likeness (QED) is 0.734. The van der Waals surface area contributed by atoms with E-state index in [9.17, 15) is 8.42 Å². The fourth-order valence-electron chi connectivity index (χ4n) is 2.60. The molecule has 0 radical (unpaired) electrons. The van der Waals surface area contributed by atoms with E-state index < -0.39 is 10.0 Å². The van der Waals surface area contributed by atoms with Gasteiger partial charge in [0.15, 0.2) is 0 Å². The Morgan fingerprint density at radius 3 is 2.52 bits per heavy atom. The molecule has 0 amide bonds. The number of nitrogens with one attached hydrogen (secondary N) is 1. The van der Waals surface area contributed by atoms with Crippen LogP contribution in [-0.4, -0.2) is 35.1 Å². The molecule has 0 fully saturated rings. The molecule has 3 aromatic rings. The van der Waals surface area contributed by atoms with Gasteiger partial charge in [-0.1, -0.05) is 5.16 Å². The van der Waals surface area contributed by atoms with E-state index in [2.05, 4.69) is 15.4 Å². The number of hydrogen-bond acceptors (Lipinski definition) is 6. The second kappa shape index (κ2) is 6.40. The molecule has 0 unspecified atom stereocenters. The van der Waals surface area contributed by atoms with Crippen molar-refractivity contribution in [3.63, 3.8) is 0 Å². The SMILES string of the molecule is Cc1cc(-c2cc(S(=O)(=O)N(C)Cc3c(C)noc3C)c(C)s2)n[nH]1. The van der Waals surface area contributed by atoms with Crippen molar-refractivity contribution in [1.29, 1.82) is 0 Å². The number of aromatic amines is 1. The van der Waals surface area contributed by atoms with Crippen LogP contribution in [0.25, 0.3) is 10.6 Å². The maximum atomic E-state index is 13.0. The van der Waals surface area contributed by atoms with Crippen molar-refractivity contribution in [3.05, 3.63) is 39.7 Å². The van der Waals surface area contributed by atoms with Gasteiger partial charge in [0.05, 0.1) is 15.5 Å². The summed E-state index contributed by atoms with van der Waals surface area (Å²) < 4.78 is 32.5. The summed E-state index contributed by atoms with van der Waals surface area (Å²) in [5, 5.41) is 11.0. The van der Waals surface area contributed by atoms with Crippen molar-refractivity contribution in [1.82, 2.24) is 19.7 Å². The minimum Gasteiger partial charge on any atom is -0.361 e. The van der Waals surface area contributed by atoms with Crippen LogP contribution in [0.3, 0.4) is 0 Å². The van der Waals surface area contributed by atoms with Crippen molar-refractivity contribution >= 4 is 21.4 Å². The Labute approximate surface area is 150 Å². The van der Waals surface area contributed by atoms with Gasteiger partial charge < -0.3 is 4.52 Å². The number of nitrogens with zero attached hydrogens (tertiary/aromatic N) is 3. The van der Waals surface area contributed by atoms with Gasteiger partial charge in [0.25, 0.3) is 0 Å². The Morgan fingerprint density at radius 2 is 1.96 bits per heavy atom. The van der Waals surface area contributed by atoms with Crippen LogP contribution in [0, 0.1) is 27.7 Å². The summed E-state index contributed by atoms with van der Waals surface area (Å²) in [6.07, 6.45) is 0. The first-order chi connectivity index (χ1) is 11.7. The summed E-state index contributed by atoms with van der Waals surface area (Å²) >= 11 is 1.42. The van der Waals surface area contributed by atoms with E-state index in [0.717, 1.165) is 26.7 Å². The zero-order valence-electron chi connectivity index (χ0n) is 14.7. The predicted molar refractivity (Wildman–Crippen MR) is 96.0 cm³/mol. The molecule has 3 aromatic heterocycles. The molecule has 0 saturated heterocycles. The maximum Gasteiger partial charge on any atom is 0.244 e. The average Bonchev–Trinajstić information content (AvgIpc) is 3.22. The summed E-state index contributed by atoms with van der Waals surface area (Å²) in [7, 11) is -2.06. The van der Waals surface area contributed by atoms with Gasteiger partial charge >= 0.3 is 0 Å². The van der Waals surface area contributed by atoms with E-state index in [1.165, 1.54) is 15.6 Å². The Hall–Kier alpha value is -1.97.